The van der Waals surface area contributed by atoms with Gasteiger partial charge in [0.15, 0.2) is 0 Å². The Balaban J connectivity index is 3.30. The van der Waals surface area contributed by atoms with Gasteiger partial charge in [0.1, 0.15) is 5.78 Å². The van der Waals surface area contributed by atoms with Gasteiger partial charge in [-0.3, -0.25) is 9.59 Å². The lowest BCUT2D eigenvalue weighted by molar-refractivity contribution is -0.124. The number of hydrogen-bond donors (Lipinski definition) is 2. The Morgan fingerprint density at radius 1 is 1.45 bits per heavy atom. The van der Waals surface area contributed by atoms with Crippen LogP contribution in [0.4, 0.5) is 0 Å². The van der Waals surface area contributed by atoms with Crippen molar-refractivity contribution < 1.29 is 14.7 Å². The monoisotopic (exact) mass is 159 g/mol. The zero-order chi connectivity index (χ0) is 8.69. The zero-order valence-corrected chi connectivity index (χ0v) is 6.59. The van der Waals surface area contributed by atoms with Gasteiger partial charge in [0.05, 0.1) is 6.54 Å². The smallest absolute Gasteiger partial charge is 0.220 e. The topological polar surface area (TPSA) is 66.4 Å². The van der Waals surface area contributed by atoms with Crippen molar-refractivity contribution >= 4 is 11.7 Å². The summed E-state index contributed by atoms with van der Waals surface area (Å²) in [6.45, 7) is 1.50. The molecule has 64 valence electrons. The van der Waals surface area contributed by atoms with E-state index in [2.05, 4.69) is 5.32 Å². The van der Waals surface area contributed by atoms with Crippen LogP contribution in [0.25, 0.3) is 0 Å². The molecule has 0 aliphatic heterocycles. The van der Waals surface area contributed by atoms with E-state index in [4.69, 9.17) is 5.11 Å². The highest BCUT2D eigenvalue weighted by atomic mass is 16.3. The zero-order valence-electron chi connectivity index (χ0n) is 6.59. The van der Waals surface area contributed by atoms with E-state index in [0.29, 0.717) is 6.42 Å². The summed E-state index contributed by atoms with van der Waals surface area (Å²) in [4.78, 5) is 21.1. The average molecular weight is 159 g/mol. The minimum absolute atomic E-state index is 0.00743. The highest BCUT2D eigenvalue weighted by Crippen LogP contribution is 1.85. The van der Waals surface area contributed by atoms with Crippen molar-refractivity contribution in [3.63, 3.8) is 0 Å². The van der Waals surface area contributed by atoms with Crippen LogP contribution in [0.2, 0.25) is 0 Å². The van der Waals surface area contributed by atoms with Crippen molar-refractivity contribution in [2.75, 3.05) is 13.2 Å². The lowest BCUT2D eigenvalue weighted by Crippen LogP contribution is -2.28. The average Bonchev–Trinajstić information content (AvgIpc) is 1.97. The molecule has 0 fully saturated rings. The molecule has 4 nitrogen and oxygen atoms in total. The first-order valence-corrected chi connectivity index (χ1v) is 3.54. The first kappa shape index (κ1) is 10.1. The number of hydrogen-bond acceptors (Lipinski definition) is 3. The van der Waals surface area contributed by atoms with Crippen LogP contribution in [0, 0.1) is 0 Å². The number of rotatable bonds is 5. The van der Waals surface area contributed by atoms with Gasteiger partial charge in [-0.1, -0.05) is 0 Å². The number of Topliss-reactive ketones (excluding diaryl/α,β-unsaturated/α-hetero) is 1. The van der Waals surface area contributed by atoms with Crippen molar-refractivity contribution in [3.8, 4) is 0 Å². The number of nitrogens with one attached hydrogen (secondary N) is 1. The summed E-state index contributed by atoms with van der Waals surface area (Å²) >= 11 is 0. The number of carbonyl (C=O) groups is 2. The van der Waals surface area contributed by atoms with E-state index in [1.54, 1.807) is 0 Å². The van der Waals surface area contributed by atoms with Gasteiger partial charge in [0, 0.05) is 13.0 Å². The Bertz CT molecular complexity index is 145. The molecule has 0 bridgehead atoms. The van der Waals surface area contributed by atoms with Crippen molar-refractivity contribution in [2.24, 2.45) is 0 Å². The van der Waals surface area contributed by atoms with Gasteiger partial charge in [0.25, 0.3) is 0 Å². The van der Waals surface area contributed by atoms with E-state index in [-0.39, 0.29) is 31.3 Å². The fraction of sp³-hybridized carbons (Fsp3) is 0.714. The van der Waals surface area contributed by atoms with Gasteiger partial charge in [-0.25, -0.2) is 0 Å². The van der Waals surface area contributed by atoms with E-state index >= 15 is 0 Å². The van der Waals surface area contributed by atoms with Crippen molar-refractivity contribution in [1.82, 2.24) is 5.32 Å². The Hall–Kier alpha value is -0.900. The molecule has 0 aliphatic rings. The second-order valence-corrected chi connectivity index (χ2v) is 2.31. The standard InChI is InChI=1S/C7H13NO3/c1-6(10)5-8-7(11)3-2-4-9/h9H,2-5H2,1H3,(H,8,11). The number of aliphatic hydroxyl groups excluding tert-OH is 1. The molecule has 0 atom stereocenters. The molecule has 0 radical (unpaired) electrons. The highest BCUT2D eigenvalue weighted by molar-refractivity contribution is 5.84. The summed E-state index contributed by atoms with van der Waals surface area (Å²) in [6, 6.07) is 0. The van der Waals surface area contributed by atoms with Crippen molar-refractivity contribution in [2.45, 2.75) is 19.8 Å². The third-order valence-corrected chi connectivity index (χ3v) is 1.10. The molecule has 1 amide bonds. The first-order valence-electron chi connectivity index (χ1n) is 3.54. The quantitative estimate of drug-likeness (QED) is 0.566. The minimum atomic E-state index is -0.186. The van der Waals surface area contributed by atoms with Gasteiger partial charge >= 0.3 is 0 Å². The van der Waals surface area contributed by atoms with Crippen LogP contribution in [0.5, 0.6) is 0 Å². The van der Waals surface area contributed by atoms with Crippen LogP contribution >= 0.6 is 0 Å². The molecule has 0 saturated heterocycles. The number of aliphatic hydroxyl groups is 1. The maximum Gasteiger partial charge on any atom is 0.220 e. The summed E-state index contributed by atoms with van der Waals surface area (Å²) in [7, 11) is 0. The first-order chi connectivity index (χ1) is 5.16. The number of carbonyl (C=O) groups excluding carboxylic acids is 2. The number of ketones is 1. The molecule has 0 heterocycles. The second kappa shape index (κ2) is 5.85. The molecule has 0 aromatic carbocycles. The third-order valence-electron chi connectivity index (χ3n) is 1.10. The molecule has 4 heteroatoms. The van der Waals surface area contributed by atoms with Gasteiger partial charge in [-0.05, 0) is 13.3 Å². The van der Waals surface area contributed by atoms with Gasteiger partial charge < -0.3 is 10.4 Å². The Morgan fingerprint density at radius 3 is 2.55 bits per heavy atom. The summed E-state index contributed by atoms with van der Waals surface area (Å²) in [5.74, 6) is -0.253. The van der Waals surface area contributed by atoms with Gasteiger partial charge in [-0.2, -0.15) is 0 Å². The van der Waals surface area contributed by atoms with Crippen LogP contribution in [-0.2, 0) is 9.59 Å². The molecule has 0 aromatic rings. The van der Waals surface area contributed by atoms with E-state index in [9.17, 15) is 9.59 Å². The van der Waals surface area contributed by atoms with E-state index < -0.39 is 0 Å². The van der Waals surface area contributed by atoms with E-state index in [0.717, 1.165) is 0 Å². The SMILES string of the molecule is CC(=O)CNC(=O)CCCO. The lowest BCUT2D eigenvalue weighted by Gasteiger charge is -2.00. The summed E-state index contributed by atoms with van der Waals surface area (Å²) in [5, 5.41) is 10.8. The largest absolute Gasteiger partial charge is 0.396 e. The minimum Gasteiger partial charge on any atom is -0.396 e. The van der Waals surface area contributed by atoms with Crippen LogP contribution < -0.4 is 5.32 Å². The summed E-state index contributed by atoms with van der Waals surface area (Å²) < 4.78 is 0. The van der Waals surface area contributed by atoms with E-state index in [1.165, 1.54) is 6.92 Å². The maximum absolute atomic E-state index is 10.7. The molecule has 0 rings (SSSR count). The lowest BCUT2D eigenvalue weighted by atomic mass is 10.3. The molecule has 11 heavy (non-hydrogen) atoms. The van der Waals surface area contributed by atoms with E-state index in [1.807, 2.05) is 0 Å². The van der Waals surface area contributed by atoms with Crippen LogP contribution in [0.15, 0.2) is 0 Å². The van der Waals surface area contributed by atoms with Crippen molar-refractivity contribution in [1.29, 1.82) is 0 Å². The predicted octanol–water partition coefficient (Wildman–Crippen LogP) is -0.536. The maximum atomic E-state index is 10.7. The van der Waals surface area contributed by atoms with Crippen LogP contribution in [0.3, 0.4) is 0 Å². The van der Waals surface area contributed by atoms with Crippen molar-refractivity contribution in [3.05, 3.63) is 0 Å². The molecule has 0 aromatic heterocycles. The molecule has 2 N–H and O–H groups in total. The fourth-order valence-electron chi connectivity index (χ4n) is 0.551. The predicted molar refractivity (Wildman–Crippen MR) is 40.0 cm³/mol. The molecule has 0 spiro atoms. The number of amides is 1. The molecular weight excluding hydrogens is 146 g/mol. The molecular formula is C7H13NO3. The van der Waals surface area contributed by atoms with Crippen LogP contribution in [-0.4, -0.2) is 29.9 Å². The fourth-order valence-corrected chi connectivity index (χ4v) is 0.551. The summed E-state index contributed by atoms with van der Waals surface area (Å²) in [6.07, 6.45) is 0.730. The van der Waals surface area contributed by atoms with Gasteiger partial charge in [0.2, 0.25) is 5.91 Å². The molecule has 0 saturated carbocycles. The molecule has 0 unspecified atom stereocenters. The summed E-state index contributed by atoms with van der Waals surface area (Å²) in [5.41, 5.74) is 0. The third kappa shape index (κ3) is 6.99. The highest BCUT2D eigenvalue weighted by Gasteiger charge is 2.00. The molecule has 0 aliphatic carbocycles. The Labute approximate surface area is 65.6 Å². The normalized spacial score (nSPS) is 9.27. The van der Waals surface area contributed by atoms with Crippen LogP contribution in [0.1, 0.15) is 19.8 Å². The van der Waals surface area contributed by atoms with Gasteiger partial charge in [-0.15, -0.1) is 0 Å². The second-order valence-electron chi connectivity index (χ2n) is 2.31. The Morgan fingerprint density at radius 2 is 2.09 bits per heavy atom. The Kier molecular flexibility index (Phi) is 5.37.